The number of piperidine rings is 1. The van der Waals surface area contributed by atoms with Crippen molar-refractivity contribution in [3.05, 3.63) is 23.9 Å². The first-order valence-corrected chi connectivity index (χ1v) is 9.41. The molecule has 1 aliphatic heterocycles. The zero-order valence-electron chi connectivity index (χ0n) is 16.5. The first-order valence-electron chi connectivity index (χ1n) is 9.41. The van der Waals surface area contributed by atoms with Gasteiger partial charge in [0.05, 0.1) is 6.61 Å². The quantitative estimate of drug-likeness (QED) is 0.416. The Kier molecular flexibility index (Phi) is 8.64. The fourth-order valence-corrected chi connectivity index (χ4v) is 3.04. The lowest BCUT2D eigenvalue weighted by Crippen LogP contribution is -2.49. The third-order valence-corrected chi connectivity index (χ3v) is 4.65. The molecule has 2 N–H and O–H groups in total. The molecule has 0 unspecified atom stereocenters. The minimum atomic E-state index is 0.461. The van der Waals surface area contributed by atoms with Crippen LogP contribution in [-0.4, -0.2) is 68.4 Å². The third kappa shape index (κ3) is 6.46. The van der Waals surface area contributed by atoms with Crippen molar-refractivity contribution in [2.45, 2.75) is 45.3 Å². The minimum Gasteiger partial charge on any atom is -0.475 e. The number of ether oxygens (including phenoxy) is 2. The lowest BCUT2D eigenvalue weighted by Gasteiger charge is -2.35. The third-order valence-electron chi connectivity index (χ3n) is 4.65. The Balaban J connectivity index is 1.82. The molecule has 0 radical (unpaired) electrons. The van der Waals surface area contributed by atoms with Gasteiger partial charge in [-0.05, 0) is 32.8 Å². The summed E-state index contributed by atoms with van der Waals surface area (Å²) < 4.78 is 10.7. The van der Waals surface area contributed by atoms with Gasteiger partial charge in [-0.3, -0.25) is 4.99 Å². The van der Waals surface area contributed by atoms with Crippen molar-refractivity contribution in [3.63, 3.8) is 0 Å². The number of aliphatic imine (C=N–C) groups is 1. The SMILES string of the molecule is CN=C(NCc1cccnc1OCCOC)NC1CCN(C(C)C)CC1. The van der Waals surface area contributed by atoms with Crippen LogP contribution in [-0.2, 0) is 11.3 Å². The highest BCUT2D eigenvalue weighted by Crippen LogP contribution is 2.15. The van der Waals surface area contributed by atoms with Crippen LogP contribution >= 0.6 is 0 Å². The van der Waals surface area contributed by atoms with E-state index in [9.17, 15) is 0 Å². The predicted molar refractivity (Wildman–Crippen MR) is 105 cm³/mol. The topological polar surface area (TPSA) is 71.0 Å². The number of aromatic nitrogens is 1. The van der Waals surface area contributed by atoms with Gasteiger partial charge >= 0.3 is 0 Å². The molecule has 146 valence electrons. The highest BCUT2D eigenvalue weighted by molar-refractivity contribution is 5.80. The van der Waals surface area contributed by atoms with Crippen molar-refractivity contribution in [2.75, 3.05) is 40.5 Å². The molecule has 0 spiro atoms. The molecular formula is C19H33N5O2. The van der Waals surface area contributed by atoms with Crippen LogP contribution in [0.25, 0.3) is 0 Å². The van der Waals surface area contributed by atoms with Gasteiger partial charge < -0.3 is 25.0 Å². The molecule has 0 aromatic carbocycles. The Bertz CT molecular complexity index is 557. The summed E-state index contributed by atoms with van der Waals surface area (Å²) in [6.07, 6.45) is 4.01. The van der Waals surface area contributed by atoms with Crippen molar-refractivity contribution < 1.29 is 9.47 Å². The van der Waals surface area contributed by atoms with E-state index in [2.05, 4.69) is 39.4 Å². The number of methoxy groups -OCH3 is 1. The lowest BCUT2D eigenvalue weighted by molar-refractivity contribution is 0.143. The second kappa shape index (κ2) is 11.0. The molecule has 26 heavy (non-hydrogen) atoms. The Hall–Kier alpha value is -1.86. The Morgan fingerprint density at radius 3 is 2.77 bits per heavy atom. The summed E-state index contributed by atoms with van der Waals surface area (Å²) in [4.78, 5) is 11.2. The van der Waals surface area contributed by atoms with E-state index in [4.69, 9.17) is 9.47 Å². The maximum atomic E-state index is 5.69. The Morgan fingerprint density at radius 1 is 1.35 bits per heavy atom. The minimum absolute atomic E-state index is 0.461. The molecular weight excluding hydrogens is 330 g/mol. The van der Waals surface area contributed by atoms with Crippen LogP contribution in [0.3, 0.4) is 0 Å². The van der Waals surface area contributed by atoms with Crippen LogP contribution in [0.4, 0.5) is 0 Å². The van der Waals surface area contributed by atoms with E-state index in [-0.39, 0.29) is 0 Å². The number of likely N-dealkylation sites (tertiary alicyclic amines) is 1. The fourth-order valence-electron chi connectivity index (χ4n) is 3.04. The number of rotatable bonds is 8. The molecule has 7 heteroatoms. The standard InChI is InChI=1S/C19H33N5O2/c1-15(2)24-10-7-17(8-11-24)23-19(20-3)22-14-16-6-5-9-21-18(16)26-13-12-25-4/h5-6,9,15,17H,7-8,10-14H2,1-4H3,(H2,20,22,23). The molecule has 7 nitrogen and oxygen atoms in total. The van der Waals surface area contributed by atoms with Crippen LogP contribution < -0.4 is 15.4 Å². The van der Waals surface area contributed by atoms with Crippen molar-refractivity contribution in [1.29, 1.82) is 0 Å². The number of hydrogen-bond donors (Lipinski definition) is 2. The average Bonchev–Trinajstić information content (AvgIpc) is 2.66. The highest BCUT2D eigenvalue weighted by Gasteiger charge is 2.21. The van der Waals surface area contributed by atoms with Crippen LogP contribution in [0.15, 0.2) is 23.3 Å². The molecule has 1 aromatic rings. The second-order valence-corrected chi connectivity index (χ2v) is 6.78. The molecule has 2 heterocycles. The second-order valence-electron chi connectivity index (χ2n) is 6.78. The zero-order chi connectivity index (χ0) is 18.8. The maximum absolute atomic E-state index is 5.69. The van der Waals surface area contributed by atoms with E-state index >= 15 is 0 Å². The lowest BCUT2D eigenvalue weighted by atomic mass is 10.0. The van der Waals surface area contributed by atoms with Crippen molar-refractivity contribution in [3.8, 4) is 5.88 Å². The first kappa shape index (κ1) is 20.5. The van der Waals surface area contributed by atoms with Crippen molar-refractivity contribution in [2.24, 2.45) is 4.99 Å². The summed E-state index contributed by atoms with van der Waals surface area (Å²) in [6.45, 7) is 8.42. The Labute approximate surface area is 157 Å². The Morgan fingerprint density at radius 2 is 2.12 bits per heavy atom. The van der Waals surface area contributed by atoms with Crippen molar-refractivity contribution >= 4 is 5.96 Å². The van der Waals surface area contributed by atoms with Crippen LogP contribution in [0.5, 0.6) is 5.88 Å². The van der Waals surface area contributed by atoms with E-state index in [0.29, 0.717) is 37.7 Å². The number of pyridine rings is 1. The molecule has 1 aromatic heterocycles. The smallest absolute Gasteiger partial charge is 0.218 e. The molecule has 2 rings (SSSR count). The largest absolute Gasteiger partial charge is 0.475 e. The normalized spacial score (nSPS) is 16.7. The van der Waals surface area contributed by atoms with Crippen LogP contribution in [0, 0.1) is 0 Å². The predicted octanol–water partition coefficient (Wildman–Crippen LogP) is 1.64. The summed E-state index contributed by atoms with van der Waals surface area (Å²) in [5.74, 6) is 1.46. The van der Waals surface area contributed by atoms with Gasteiger partial charge in [-0.1, -0.05) is 6.07 Å². The molecule has 0 atom stereocenters. The van der Waals surface area contributed by atoms with E-state index in [1.165, 1.54) is 0 Å². The summed E-state index contributed by atoms with van der Waals surface area (Å²) >= 11 is 0. The summed E-state index contributed by atoms with van der Waals surface area (Å²) in [7, 11) is 3.46. The van der Waals surface area contributed by atoms with Crippen LogP contribution in [0.2, 0.25) is 0 Å². The highest BCUT2D eigenvalue weighted by atomic mass is 16.5. The monoisotopic (exact) mass is 363 g/mol. The van der Waals surface area contributed by atoms with Gasteiger partial charge in [0.15, 0.2) is 5.96 Å². The van der Waals surface area contributed by atoms with Gasteiger partial charge in [0.25, 0.3) is 0 Å². The number of nitrogens with one attached hydrogen (secondary N) is 2. The van der Waals surface area contributed by atoms with Gasteiger partial charge in [0.1, 0.15) is 6.61 Å². The average molecular weight is 364 g/mol. The first-order chi connectivity index (χ1) is 12.6. The van der Waals surface area contributed by atoms with Crippen molar-refractivity contribution in [1.82, 2.24) is 20.5 Å². The van der Waals surface area contributed by atoms with Gasteiger partial charge in [-0.15, -0.1) is 0 Å². The van der Waals surface area contributed by atoms with E-state index < -0.39 is 0 Å². The number of guanidine groups is 1. The van der Waals surface area contributed by atoms with E-state index in [1.54, 1.807) is 20.4 Å². The zero-order valence-corrected chi connectivity index (χ0v) is 16.5. The summed E-state index contributed by atoms with van der Waals surface area (Å²) in [6, 6.07) is 5.01. The maximum Gasteiger partial charge on any atom is 0.218 e. The van der Waals surface area contributed by atoms with Gasteiger partial charge in [0, 0.05) is 57.6 Å². The molecule has 1 saturated heterocycles. The van der Waals surface area contributed by atoms with E-state index in [1.807, 2.05) is 12.1 Å². The number of hydrogen-bond acceptors (Lipinski definition) is 5. The van der Waals surface area contributed by atoms with Gasteiger partial charge in [-0.25, -0.2) is 4.98 Å². The molecule has 1 fully saturated rings. The van der Waals surface area contributed by atoms with Crippen LogP contribution in [0.1, 0.15) is 32.3 Å². The number of nitrogens with zero attached hydrogens (tertiary/aromatic N) is 3. The fraction of sp³-hybridized carbons (Fsp3) is 0.684. The van der Waals surface area contributed by atoms with Gasteiger partial charge in [0.2, 0.25) is 5.88 Å². The molecule has 1 aliphatic rings. The molecule has 0 saturated carbocycles. The van der Waals surface area contributed by atoms with E-state index in [0.717, 1.165) is 37.5 Å². The summed E-state index contributed by atoms with van der Waals surface area (Å²) in [5, 5.41) is 6.91. The molecule has 0 aliphatic carbocycles. The van der Waals surface area contributed by atoms with Gasteiger partial charge in [-0.2, -0.15) is 0 Å². The summed E-state index contributed by atoms with van der Waals surface area (Å²) in [5.41, 5.74) is 1.00. The molecule has 0 amide bonds. The molecule has 0 bridgehead atoms.